The summed E-state index contributed by atoms with van der Waals surface area (Å²) >= 11 is 5.96. The van der Waals surface area contributed by atoms with Gasteiger partial charge in [0, 0.05) is 55.1 Å². The van der Waals surface area contributed by atoms with Gasteiger partial charge in [0.2, 0.25) is 10.0 Å². The molecule has 0 unspecified atom stereocenters. The summed E-state index contributed by atoms with van der Waals surface area (Å²) in [5.74, 6) is -0.101. The molecular formula is C22H24ClN3O3S. The van der Waals surface area contributed by atoms with E-state index in [-0.39, 0.29) is 10.8 Å². The molecule has 0 radical (unpaired) electrons. The van der Waals surface area contributed by atoms with Crippen molar-refractivity contribution < 1.29 is 13.2 Å². The minimum Gasteiger partial charge on any atom is -0.369 e. The summed E-state index contributed by atoms with van der Waals surface area (Å²) in [6.07, 6.45) is 0. The lowest BCUT2D eigenvalue weighted by Gasteiger charge is -2.35. The van der Waals surface area contributed by atoms with Crippen molar-refractivity contribution >= 4 is 44.5 Å². The summed E-state index contributed by atoms with van der Waals surface area (Å²) < 4.78 is 28.1. The topological polar surface area (TPSA) is 60.9 Å². The zero-order valence-electron chi connectivity index (χ0n) is 17.2. The molecule has 158 valence electrons. The van der Waals surface area contributed by atoms with Crippen LogP contribution in [0.25, 0.3) is 5.57 Å². The minimum atomic E-state index is -3.65. The first-order valence-corrected chi connectivity index (χ1v) is 11.6. The number of benzene rings is 2. The van der Waals surface area contributed by atoms with Gasteiger partial charge in [-0.2, -0.15) is 4.31 Å². The summed E-state index contributed by atoms with van der Waals surface area (Å²) in [6, 6.07) is 12.5. The molecule has 1 saturated heterocycles. The zero-order chi connectivity index (χ0) is 21.6. The number of hydrogen-bond donors (Lipinski definition) is 0. The fraction of sp³-hybridized carbons (Fsp3) is 0.318. The van der Waals surface area contributed by atoms with E-state index in [2.05, 4.69) is 4.90 Å². The molecule has 0 saturated carbocycles. The van der Waals surface area contributed by atoms with Crippen molar-refractivity contribution in [2.45, 2.75) is 18.7 Å². The van der Waals surface area contributed by atoms with Crippen LogP contribution >= 0.6 is 11.6 Å². The molecule has 2 aliphatic rings. The molecule has 2 aromatic rings. The normalized spacial score (nSPS) is 17.5. The Bertz CT molecular complexity index is 1130. The summed E-state index contributed by atoms with van der Waals surface area (Å²) in [7, 11) is -1.94. The molecule has 2 aromatic carbocycles. The van der Waals surface area contributed by atoms with Gasteiger partial charge in [-0.3, -0.25) is 4.79 Å². The fourth-order valence-electron chi connectivity index (χ4n) is 4.03. The standard InChI is InChI=1S/C22H24ClN3O3S/c1-15(2)21-19-14-18(8-9-20(19)24(3)22(21)27)30(28,29)26-12-10-25(11-13-26)17-6-4-16(23)5-7-17/h4-9,14H,10-13H2,1-3H3. The molecule has 6 nitrogen and oxygen atoms in total. The third kappa shape index (κ3) is 3.51. The largest absolute Gasteiger partial charge is 0.369 e. The van der Waals surface area contributed by atoms with Crippen molar-refractivity contribution in [2.75, 3.05) is 43.0 Å². The average molecular weight is 446 g/mol. The van der Waals surface area contributed by atoms with Gasteiger partial charge < -0.3 is 9.80 Å². The highest BCUT2D eigenvalue weighted by Gasteiger charge is 2.34. The number of carbonyl (C=O) groups excluding carboxylic acids is 1. The fourth-order valence-corrected chi connectivity index (χ4v) is 5.61. The molecule has 0 spiro atoms. The Morgan fingerprint density at radius 3 is 2.20 bits per heavy atom. The van der Waals surface area contributed by atoms with Crippen LogP contribution in [0, 0.1) is 0 Å². The number of anilines is 2. The Hall–Kier alpha value is -2.35. The zero-order valence-corrected chi connectivity index (χ0v) is 18.8. The van der Waals surface area contributed by atoms with Crippen molar-refractivity contribution in [2.24, 2.45) is 0 Å². The monoisotopic (exact) mass is 445 g/mol. The molecule has 0 aromatic heterocycles. The third-order valence-electron chi connectivity index (χ3n) is 5.69. The SMILES string of the molecule is CC(C)=C1C(=O)N(C)c2ccc(S(=O)(=O)N3CCN(c4ccc(Cl)cc4)CC3)cc21. The Labute approximate surface area is 182 Å². The lowest BCUT2D eigenvalue weighted by atomic mass is 10.0. The van der Waals surface area contributed by atoms with E-state index in [0.717, 1.165) is 16.9 Å². The molecule has 4 rings (SSSR count). The van der Waals surface area contributed by atoms with Crippen LogP contribution in [0.1, 0.15) is 19.4 Å². The van der Waals surface area contributed by atoms with Crippen LogP contribution in [0.5, 0.6) is 0 Å². The van der Waals surface area contributed by atoms with E-state index in [1.165, 1.54) is 4.31 Å². The smallest absolute Gasteiger partial charge is 0.258 e. The maximum absolute atomic E-state index is 13.3. The molecule has 0 atom stereocenters. The van der Waals surface area contributed by atoms with Gasteiger partial charge in [-0.1, -0.05) is 17.2 Å². The number of likely N-dealkylation sites (N-methyl/N-ethyl adjacent to an activating group) is 1. The Morgan fingerprint density at radius 2 is 1.60 bits per heavy atom. The molecule has 8 heteroatoms. The number of amides is 1. The molecule has 2 heterocycles. The van der Waals surface area contributed by atoms with E-state index < -0.39 is 10.0 Å². The quantitative estimate of drug-likeness (QED) is 0.677. The second-order valence-corrected chi connectivity index (χ2v) is 10.2. The van der Waals surface area contributed by atoms with Gasteiger partial charge in [0.15, 0.2) is 0 Å². The summed E-state index contributed by atoms with van der Waals surface area (Å²) in [6.45, 7) is 5.74. The van der Waals surface area contributed by atoms with Gasteiger partial charge in [0.1, 0.15) is 0 Å². The van der Waals surface area contributed by atoms with Gasteiger partial charge in [-0.25, -0.2) is 8.42 Å². The Balaban J connectivity index is 1.58. The van der Waals surface area contributed by atoms with E-state index in [0.29, 0.717) is 42.3 Å². The van der Waals surface area contributed by atoms with Crippen molar-refractivity contribution in [3.63, 3.8) is 0 Å². The van der Waals surface area contributed by atoms with E-state index in [1.807, 2.05) is 38.1 Å². The molecule has 0 aliphatic carbocycles. The van der Waals surface area contributed by atoms with Gasteiger partial charge in [-0.05, 0) is 56.3 Å². The predicted molar refractivity (Wildman–Crippen MR) is 121 cm³/mol. The van der Waals surface area contributed by atoms with Crippen LogP contribution < -0.4 is 9.80 Å². The van der Waals surface area contributed by atoms with Crippen LogP contribution in [0.15, 0.2) is 52.9 Å². The number of piperazine rings is 1. The first-order valence-electron chi connectivity index (χ1n) is 9.81. The van der Waals surface area contributed by atoms with Crippen molar-refractivity contribution in [1.29, 1.82) is 0 Å². The van der Waals surface area contributed by atoms with Crippen molar-refractivity contribution in [3.05, 3.63) is 58.6 Å². The number of halogens is 1. The van der Waals surface area contributed by atoms with Gasteiger partial charge in [-0.15, -0.1) is 0 Å². The average Bonchev–Trinajstić information content (AvgIpc) is 2.98. The highest BCUT2D eigenvalue weighted by atomic mass is 35.5. The number of fused-ring (bicyclic) bond motifs is 1. The number of carbonyl (C=O) groups is 1. The molecule has 0 bridgehead atoms. The van der Waals surface area contributed by atoms with Gasteiger partial charge in [0.25, 0.3) is 5.91 Å². The minimum absolute atomic E-state index is 0.101. The van der Waals surface area contributed by atoms with Gasteiger partial charge in [0.05, 0.1) is 10.6 Å². The van der Waals surface area contributed by atoms with E-state index in [9.17, 15) is 13.2 Å². The highest BCUT2D eigenvalue weighted by Crippen LogP contribution is 2.39. The first-order chi connectivity index (χ1) is 14.2. The summed E-state index contributed by atoms with van der Waals surface area (Å²) in [5, 5.41) is 0.677. The third-order valence-corrected chi connectivity index (χ3v) is 7.83. The summed E-state index contributed by atoms with van der Waals surface area (Å²) in [5.41, 5.74) is 3.91. The molecule has 30 heavy (non-hydrogen) atoms. The van der Waals surface area contributed by atoms with E-state index in [1.54, 1.807) is 30.1 Å². The van der Waals surface area contributed by atoms with Crippen LogP contribution in [0.3, 0.4) is 0 Å². The van der Waals surface area contributed by atoms with Crippen LogP contribution in [0.4, 0.5) is 11.4 Å². The Morgan fingerprint density at radius 1 is 0.967 bits per heavy atom. The lowest BCUT2D eigenvalue weighted by Crippen LogP contribution is -2.48. The number of rotatable bonds is 3. The summed E-state index contributed by atoms with van der Waals surface area (Å²) in [4.78, 5) is 16.5. The van der Waals surface area contributed by atoms with E-state index in [4.69, 9.17) is 11.6 Å². The van der Waals surface area contributed by atoms with Crippen molar-refractivity contribution in [3.8, 4) is 0 Å². The van der Waals surface area contributed by atoms with Crippen LogP contribution in [-0.2, 0) is 14.8 Å². The highest BCUT2D eigenvalue weighted by molar-refractivity contribution is 7.89. The van der Waals surface area contributed by atoms with E-state index >= 15 is 0 Å². The number of hydrogen-bond acceptors (Lipinski definition) is 4. The second-order valence-electron chi connectivity index (χ2n) is 7.79. The number of nitrogens with zero attached hydrogens (tertiary/aromatic N) is 3. The molecule has 1 fully saturated rings. The molecular weight excluding hydrogens is 422 g/mol. The van der Waals surface area contributed by atoms with Crippen molar-refractivity contribution in [1.82, 2.24) is 4.31 Å². The molecule has 2 aliphatic heterocycles. The molecule has 0 N–H and O–H groups in total. The van der Waals surface area contributed by atoms with Gasteiger partial charge >= 0.3 is 0 Å². The maximum Gasteiger partial charge on any atom is 0.258 e. The lowest BCUT2D eigenvalue weighted by molar-refractivity contribution is -0.112. The maximum atomic E-state index is 13.3. The van der Waals surface area contributed by atoms with Crippen LogP contribution in [-0.4, -0.2) is 51.9 Å². The predicted octanol–water partition coefficient (Wildman–Crippen LogP) is 3.62. The Kier molecular flexibility index (Phi) is 5.38. The number of sulfonamides is 1. The second kappa shape index (κ2) is 7.72. The first kappa shape index (κ1) is 20.9. The number of allylic oxidation sites excluding steroid dienone is 1. The molecule has 1 amide bonds. The van der Waals surface area contributed by atoms with Crippen LogP contribution in [0.2, 0.25) is 5.02 Å².